The van der Waals surface area contributed by atoms with Crippen LogP contribution in [0.3, 0.4) is 0 Å². The molecule has 0 saturated heterocycles. The van der Waals surface area contributed by atoms with E-state index >= 15 is 0 Å². The number of nitrogens with one attached hydrogen (secondary N) is 1. The molecule has 0 amide bonds. The van der Waals surface area contributed by atoms with Crippen molar-refractivity contribution in [2.75, 3.05) is 6.54 Å². The summed E-state index contributed by atoms with van der Waals surface area (Å²) in [6, 6.07) is 17.1. The summed E-state index contributed by atoms with van der Waals surface area (Å²) in [4.78, 5) is 0.320. The fourth-order valence-corrected chi connectivity index (χ4v) is 4.20. The van der Waals surface area contributed by atoms with Crippen LogP contribution in [-0.2, 0) is 10.0 Å². The summed E-state index contributed by atoms with van der Waals surface area (Å²) in [5.74, 6) is 0.105. The van der Waals surface area contributed by atoms with E-state index in [0.29, 0.717) is 11.4 Å². The molecular weight excluding hydrogens is 318 g/mol. The smallest absolute Gasteiger partial charge is 0.210 e. The van der Waals surface area contributed by atoms with Crippen molar-refractivity contribution in [2.24, 2.45) is 0 Å². The molecule has 2 aromatic rings. The highest BCUT2D eigenvalue weighted by atomic mass is 32.2. The Morgan fingerprint density at radius 3 is 2.38 bits per heavy atom. The number of rotatable bonds is 6. The number of hydrogen-bond donors (Lipinski definition) is 1. The van der Waals surface area contributed by atoms with Gasteiger partial charge >= 0.3 is 0 Å². The van der Waals surface area contributed by atoms with Gasteiger partial charge in [-0.3, -0.25) is 0 Å². The van der Waals surface area contributed by atoms with Gasteiger partial charge < -0.3 is 0 Å². The Balaban J connectivity index is 1.79. The van der Waals surface area contributed by atoms with E-state index in [1.54, 1.807) is 12.1 Å². The maximum Gasteiger partial charge on any atom is 0.240 e. The maximum atomic E-state index is 12.6. The number of sulfonamides is 1. The lowest BCUT2D eigenvalue weighted by Crippen LogP contribution is -2.29. The van der Waals surface area contributed by atoms with E-state index in [0.717, 1.165) is 30.4 Å². The van der Waals surface area contributed by atoms with Crippen molar-refractivity contribution < 1.29 is 8.42 Å². The molecule has 0 spiro atoms. The van der Waals surface area contributed by atoms with Crippen LogP contribution < -0.4 is 4.72 Å². The quantitative estimate of drug-likeness (QED) is 0.802. The molecule has 4 heteroatoms. The molecule has 0 bridgehead atoms. The average molecular weight is 341 g/mol. The molecule has 126 valence electrons. The average Bonchev–Trinajstić information content (AvgIpc) is 3.11. The van der Waals surface area contributed by atoms with Gasteiger partial charge in [-0.15, -0.1) is 0 Å². The van der Waals surface area contributed by atoms with E-state index < -0.39 is 10.0 Å². The van der Waals surface area contributed by atoms with E-state index in [4.69, 9.17) is 0 Å². The van der Waals surface area contributed by atoms with Crippen molar-refractivity contribution in [3.05, 3.63) is 77.4 Å². The van der Waals surface area contributed by atoms with Crippen molar-refractivity contribution in [1.29, 1.82) is 0 Å². The fourth-order valence-electron chi connectivity index (χ4n) is 3.15. The highest BCUT2D eigenvalue weighted by Gasteiger charge is 2.22. The third-order valence-corrected chi connectivity index (χ3v) is 5.97. The standard InChI is InChI=1S/C20H23NO2S/c1-16-11-13-19(14-12-16)24(22,23)21-15-20(18-9-5-6-10-18)17-7-3-2-4-8-17/h2-4,7-9,11-14,20-21H,5-6,10,15H2,1H3. The second-order valence-corrected chi connectivity index (χ2v) is 8.07. The molecular formula is C20H23NO2S. The second kappa shape index (κ2) is 7.32. The Bertz CT molecular complexity index is 808. The Hall–Kier alpha value is -1.91. The van der Waals surface area contributed by atoms with Crippen molar-refractivity contribution in [1.82, 2.24) is 4.72 Å². The minimum absolute atomic E-state index is 0.105. The summed E-state index contributed by atoms with van der Waals surface area (Å²) in [5, 5.41) is 0. The zero-order valence-corrected chi connectivity index (χ0v) is 14.7. The summed E-state index contributed by atoms with van der Waals surface area (Å²) >= 11 is 0. The Labute approximate surface area is 144 Å². The van der Waals surface area contributed by atoms with Gasteiger partial charge in [0.05, 0.1) is 4.90 Å². The SMILES string of the molecule is Cc1ccc(S(=O)(=O)NCC(C2=CCCC2)c2ccccc2)cc1. The molecule has 1 aliphatic carbocycles. The third-order valence-electron chi connectivity index (χ3n) is 4.53. The van der Waals surface area contributed by atoms with Crippen LogP contribution >= 0.6 is 0 Å². The molecule has 1 atom stereocenters. The molecule has 0 aliphatic heterocycles. The van der Waals surface area contributed by atoms with Gasteiger partial charge in [-0.2, -0.15) is 0 Å². The van der Waals surface area contributed by atoms with Crippen molar-refractivity contribution in [3.8, 4) is 0 Å². The zero-order chi connectivity index (χ0) is 17.0. The van der Waals surface area contributed by atoms with Crippen LogP contribution in [0.1, 0.15) is 36.3 Å². The monoisotopic (exact) mass is 341 g/mol. The molecule has 0 heterocycles. The topological polar surface area (TPSA) is 46.2 Å². The Morgan fingerprint density at radius 1 is 1.04 bits per heavy atom. The summed E-state index contributed by atoms with van der Waals surface area (Å²) in [7, 11) is -3.49. The van der Waals surface area contributed by atoms with Crippen molar-refractivity contribution in [2.45, 2.75) is 37.0 Å². The van der Waals surface area contributed by atoms with Crippen LogP contribution in [0.2, 0.25) is 0 Å². The van der Waals surface area contributed by atoms with Gasteiger partial charge in [0.1, 0.15) is 0 Å². The normalized spacial score (nSPS) is 16.0. The van der Waals surface area contributed by atoms with Crippen LogP contribution in [-0.4, -0.2) is 15.0 Å². The molecule has 1 aliphatic rings. The van der Waals surface area contributed by atoms with Crippen LogP contribution in [0.5, 0.6) is 0 Å². The predicted molar refractivity (Wildman–Crippen MR) is 97.5 cm³/mol. The second-order valence-electron chi connectivity index (χ2n) is 6.30. The molecule has 3 nitrogen and oxygen atoms in total. The number of hydrogen-bond acceptors (Lipinski definition) is 2. The summed E-state index contributed by atoms with van der Waals surface area (Å²) in [6.07, 6.45) is 5.55. The first-order valence-electron chi connectivity index (χ1n) is 8.36. The predicted octanol–water partition coefficient (Wildman–Crippen LogP) is 4.17. The van der Waals surface area contributed by atoms with E-state index in [-0.39, 0.29) is 5.92 Å². The Kier molecular flexibility index (Phi) is 5.17. The van der Waals surface area contributed by atoms with E-state index in [9.17, 15) is 8.42 Å². The lowest BCUT2D eigenvalue weighted by molar-refractivity contribution is 0.576. The number of allylic oxidation sites excluding steroid dienone is 1. The van der Waals surface area contributed by atoms with Crippen molar-refractivity contribution in [3.63, 3.8) is 0 Å². The summed E-state index contributed by atoms with van der Waals surface area (Å²) in [6.45, 7) is 2.34. The Morgan fingerprint density at radius 2 is 1.75 bits per heavy atom. The largest absolute Gasteiger partial charge is 0.240 e. The lowest BCUT2D eigenvalue weighted by Gasteiger charge is -2.20. The number of aryl methyl sites for hydroxylation is 1. The molecule has 2 aromatic carbocycles. The molecule has 0 fully saturated rings. The van der Waals surface area contributed by atoms with E-state index in [1.807, 2.05) is 37.3 Å². The maximum absolute atomic E-state index is 12.6. The first-order chi connectivity index (χ1) is 11.6. The van der Waals surface area contributed by atoms with E-state index in [2.05, 4.69) is 22.9 Å². The zero-order valence-electron chi connectivity index (χ0n) is 13.9. The molecule has 0 radical (unpaired) electrons. The van der Waals surface area contributed by atoms with Gasteiger partial charge in [0.15, 0.2) is 0 Å². The first kappa shape index (κ1) is 16.9. The number of benzene rings is 2. The molecule has 0 aromatic heterocycles. The fraction of sp³-hybridized carbons (Fsp3) is 0.300. The minimum atomic E-state index is -3.49. The molecule has 3 rings (SSSR count). The van der Waals surface area contributed by atoms with Crippen LogP contribution in [0, 0.1) is 6.92 Å². The molecule has 1 unspecified atom stereocenters. The lowest BCUT2D eigenvalue weighted by atomic mass is 9.91. The van der Waals surface area contributed by atoms with Gasteiger partial charge in [0, 0.05) is 12.5 Å². The molecule has 24 heavy (non-hydrogen) atoms. The first-order valence-corrected chi connectivity index (χ1v) is 9.85. The summed E-state index contributed by atoms with van der Waals surface area (Å²) in [5.41, 5.74) is 3.55. The highest BCUT2D eigenvalue weighted by molar-refractivity contribution is 7.89. The van der Waals surface area contributed by atoms with Gasteiger partial charge in [-0.1, -0.05) is 59.7 Å². The van der Waals surface area contributed by atoms with E-state index in [1.165, 1.54) is 5.57 Å². The van der Waals surface area contributed by atoms with Gasteiger partial charge in [0.2, 0.25) is 10.0 Å². The van der Waals surface area contributed by atoms with Crippen LogP contribution in [0.15, 0.2) is 71.1 Å². The minimum Gasteiger partial charge on any atom is -0.210 e. The highest BCUT2D eigenvalue weighted by Crippen LogP contribution is 2.32. The van der Waals surface area contributed by atoms with Gasteiger partial charge in [-0.25, -0.2) is 13.1 Å². The van der Waals surface area contributed by atoms with Crippen LogP contribution in [0.4, 0.5) is 0 Å². The van der Waals surface area contributed by atoms with Gasteiger partial charge in [0.25, 0.3) is 0 Å². The van der Waals surface area contributed by atoms with Crippen LogP contribution in [0.25, 0.3) is 0 Å². The third kappa shape index (κ3) is 3.94. The van der Waals surface area contributed by atoms with Gasteiger partial charge in [-0.05, 0) is 43.9 Å². The van der Waals surface area contributed by atoms with Crippen molar-refractivity contribution >= 4 is 10.0 Å². The summed E-state index contributed by atoms with van der Waals surface area (Å²) < 4.78 is 27.9. The molecule has 0 saturated carbocycles. The molecule has 1 N–H and O–H groups in total.